The van der Waals surface area contributed by atoms with Crippen LogP contribution in [0.3, 0.4) is 0 Å². The molecule has 0 spiro atoms. The summed E-state index contributed by atoms with van der Waals surface area (Å²) in [5, 5.41) is 5.05. The number of quaternary nitrogens is 1. The molecular weight excluding hydrogens is 188 g/mol. The molecule has 1 aliphatic rings. The number of anilines is 1. The highest BCUT2D eigenvalue weighted by Crippen LogP contribution is 2.34. The third kappa shape index (κ3) is 1.01. The Morgan fingerprint density at radius 1 is 1.20 bits per heavy atom. The van der Waals surface area contributed by atoms with Crippen LogP contribution in [0.1, 0.15) is 15.9 Å². The molecule has 0 aromatic heterocycles. The van der Waals surface area contributed by atoms with Crippen LogP contribution in [0.15, 0.2) is 30.3 Å². The van der Waals surface area contributed by atoms with Crippen molar-refractivity contribution in [1.82, 2.24) is 0 Å². The van der Waals surface area contributed by atoms with E-state index < -0.39 is 0 Å². The van der Waals surface area contributed by atoms with Gasteiger partial charge in [0, 0.05) is 22.2 Å². The first-order chi connectivity index (χ1) is 7.31. The van der Waals surface area contributed by atoms with Crippen molar-refractivity contribution < 1.29 is 10.5 Å². The van der Waals surface area contributed by atoms with Crippen LogP contribution in [0.4, 0.5) is 5.69 Å². The molecule has 0 aliphatic carbocycles. The standard InChI is InChI=1S/C12H10N2O/c13-6-7-4-5-10-11-8(7)2-1-3-9(11)12(15)14-10/h1-5H,6,13H2,(H,14,15)/p+1. The van der Waals surface area contributed by atoms with E-state index in [-0.39, 0.29) is 5.91 Å². The minimum atomic E-state index is -0.00295. The fraction of sp³-hybridized carbons (Fsp3) is 0.0833. The first-order valence-corrected chi connectivity index (χ1v) is 4.96. The first-order valence-electron chi connectivity index (χ1n) is 4.96. The van der Waals surface area contributed by atoms with Gasteiger partial charge in [-0.2, -0.15) is 0 Å². The van der Waals surface area contributed by atoms with Gasteiger partial charge in [0.2, 0.25) is 0 Å². The maximum absolute atomic E-state index is 11.6. The van der Waals surface area contributed by atoms with E-state index in [0.29, 0.717) is 0 Å². The number of hydrogen-bond donors (Lipinski definition) is 2. The van der Waals surface area contributed by atoms with Crippen molar-refractivity contribution in [2.24, 2.45) is 0 Å². The highest BCUT2D eigenvalue weighted by molar-refractivity contribution is 6.24. The number of hydrogen-bond acceptors (Lipinski definition) is 1. The molecule has 3 rings (SSSR count). The lowest BCUT2D eigenvalue weighted by atomic mass is 10.0. The average molecular weight is 199 g/mol. The van der Waals surface area contributed by atoms with Gasteiger partial charge in [-0.05, 0) is 17.5 Å². The highest BCUT2D eigenvalue weighted by atomic mass is 16.1. The van der Waals surface area contributed by atoms with E-state index in [0.717, 1.165) is 28.6 Å². The molecule has 2 aromatic carbocycles. The van der Waals surface area contributed by atoms with Crippen LogP contribution in [-0.4, -0.2) is 5.91 Å². The van der Waals surface area contributed by atoms with Gasteiger partial charge in [0.25, 0.3) is 5.91 Å². The highest BCUT2D eigenvalue weighted by Gasteiger charge is 2.21. The molecule has 2 aromatic rings. The Hall–Kier alpha value is -1.87. The Morgan fingerprint density at radius 2 is 2.07 bits per heavy atom. The lowest BCUT2D eigenvalue weighted by Crippen LogP contribution is -2.47. The minimum absolute atomic E-state index is 0.00295. The fourth-order valence-electron chi connectivity index (χ4n) is 2.17. The Labute approximate surface area is 86.9 Å². The summed E-state index contributed by atoms with van der Waals surface area (Å²) in [4.78, 5) is 11.6. The third-order valence-electron chi connectivity index (χ3n) is 2.89. The molecule has 1 amide bonds. The van der Waals surface area contributed by atoms with Crippen molar-refractivity contribution in [3.8, 4) is 0 Å². The minimum Gasteiger partial charge on any atom is -0.354 e. The SMILES string of the molecule is [NH3+]Cc1ccc2c3c(cccc13)C(=O)N2. The van der Waals surface area contributed by atoms with E-state index in [1.54, 1.807) is 0 Å². The Balaban J connectivity index is 2.50. The van der Waals surface area contributed by atoms with Crippen molar-refractivity contribution in [2.75, 3.05) is 5.32 Å². The van der Waals surface area contributed by atoms with Crippen LogP contribution in [0.25, 0.3) is 10.8 Å². The zero-order valence-corrected chi connectivity index (χ0v) is 8.21. The Kier molecular flexibility index (Phi) is 1.58. The van der Waals surface area contributed by atoms with Gasteiger partial charge in [-0.15, -0.1) is 0 Å². The molecule has 0 radical (unpaired) electrons. The molecule has 74 valence electrons. The average Bonchev–Trinajstić information content (AvgIpc) is 2.59. The van der Waals surface area contributed by atoms with E-state index in [1.807, 2.05) is 30.3 Å². The molecule has 3 heteroatoms. The second kappa shape index (κ2) is 2.81. The molecule has 0 fully saturated rings. The maximum atomic E-state index is 11.6. The molecule has 0 atom stereocenters. The predicted molar refractivity (Wildman–Crippen MR) is 58.5 cm³/mol. The van der Waals surface area contributed by atoms with E-state index in [1.165, 1.54) is 5.56 Å². The van der Waals surface area contributed by atoms with Gasteiger partial charge in [-0.25, -0.2) is 0 Å². The zero-order valence-electron chi connectivity index (χ0n) is 8.21. The second-order valence-electron chi connectivity index (χ2n) is 3.70. The summed E-state index contributed by atoms with van der Waals surface area (Å²) in [5.41, 5.74) is 6.78. The predicted octanol–water partition coefficient (Wildman–Crippen LogP) is 1.15. The zero-order chi connectivity index (χ0) is 10.4. The largest absolute Gasteiger partial charge is 0.354 e. The molecule has 3 nitrogen and oxygen atoms in total. The molecule has 1 heterocycles. The Morgan fingerprint density at radius 3 is 2.87 bits per heavy atom. The van der Waals surface area contributed by atoms with Crippen molar-refractivity contribution in [2.45, 2.75) is 6.54 Å². The summed E-state index contributed by atoms with van der Waals surface area (Å²) in [5.74, 6) is -0.00295. The lowest BCUT2D eigenvalue weighted by Gasteiger charge is -2.03. The number of carbonyl (C=O) groups is 1. The summed E-state index contributed by atoms with van der Waals surface area (Å²) in [7, 11) is 0. The number of carbonyl (C=O) groups excluding carboxylic acids is 1. The monoisotopic (exact) mass is 199 g/mol. The van der Waals surface area contributed by atoms with Crippen LogP contribution in [0.2, 0.25) is 0 Å². The second-order valence-corrected chi connectivity index (χ2v) is 3.70. The summed E-state index contributed by atoms with van der Waals surface area (Å²) in [6.07, 6.45) is 0. The smallest absolute Gasteiger partial charge is 0.256 e. The van der Waals surface area contributed by atoms with Crippen LogP contribution >= 0.6 is 0 Å². The lowest BCUT2D eigenvalue weighted by molar-refractivity contribution is -0.386. The van der Waals surface area contributed by atoms with Gasteiger partial charge in [0.1, 0.15) is 6.54 Å². The third-order valence-corrected chi connectivity index (χ3v) is 2.89. The van der Waals surface area contributed by atoms with Crippen molar-refractivity contribution in [3.05, 3.63) is 41.5 Å². The first kappa shape index (κ1) is 8.44. The topological polar surface area (TPSA) is 56.7 Å². The van der Waals surface area contributed by atoms with Gasteiger partial charge < -0.3 is 11.1 Å². The normalized spacial score (nSPS) is 13.3. The van der Waals surface area contributed by atoms with E-state index in [4.69, 9.17) is 0 Å². The number of benzene rings is 2. The van der Waals surface area contributed by atoms with E-state index in [2.05, 4.69) is 11.1 Å². The number of amides is 1. The molecule has 0 bridgehead atoms. The van der Waals surface area contributed by atoms with Crippen LogP contribution in [0, 0.1) is 0 Å². The maximum Gasteiger partial charge on any atom is 0.256 e. The molecule has 15 heavy (non-hydrogen) atoms. The van der Waals surface area contributed by atoms with E-state index >= 15 is 0 Å². The summed E-state index contributed by atoms with van der Waals surface area (Å²) in [6, 6.07) is 9.81. The van der Waals surface area contributed by atoms with Gasteiger partial charge in [0.05, 0.1) is 0 Å². The summed E-state index contributed by atoms with van der Waals surface area (Å²) < 4.78 is 0. The van der Waals surface area contributed by atoms with Crippen molar-refractivity contribution in [1.29, 1.82) is 0 Å². The van der Waals surface area contributed by atoms with Gasteiger partial charge in [0.15, 0.2) is 0 Å². The fourth-order valence-corrected chi connectivity index (χ4v) is 2.17. The molecule has 0 unspecified atom stereocenters. The van der Waals surface area contributed by atoms with Crippen LogP contribution in [-0.2, 0) is 6.54 Å². The molecule has 0 saturated carbocycles. The Bertz CT molecular complexity index is 575. The number of nitrogens with one attached hydrogen (secondary N) is 1. The molecule has 0 saturated heterocycles. The van der Waals surface area contributed by atoms with Gasteiger partial charge >= 0.3 is 0 Å². The summed E-state index contributed by atoms with van der Waals surface area (Å²) >= 11 is 0. The van der Waals surface area contributed by atoms with Crippen LogP contribution < -0.4 is 11.1 Å². The molecular formula is C12H11N2O+. The summed E-state index contributed by atoms with van der Waals surface area (Å²) in [6.45, 7) is 0.744. The van der Waals surface area contributed by atoms with Crippen LogP contribution in [0.5, 0.6) is 0 Å². The van der Waals surface area contributed by atoms with Gasteiger partial charge in [-0.3, -0.25) is 4.79 Å². The van der Waals surface area contributed by atoms with Crippen molar-refractivity contribution >= 4 is 22.4 Å². The number of rotatable bonds is 1. The van der Waals surface area contributed by atoms with Gasteiger partial charge in [-0.1, -0.05) is 18.2 Å². The quantitative estimate of drug-likeness (QED) is 0.711. The molecule has 4 N–H and O–H groups in total. The van der Waals surface area contributed by atoms with E-state index in [9.17, 15) is 4.79 Å². The van der Waals surface area contributed by atoms with Crippen molar-refractivity contribution in [3.63, 3.8) is 0 Å². The molecule has 1 aliphatic heterocycles.